The van der Waals surface area contributed by atoms with Crippen molar-refractivity contribution in [3.05, 3.63) is 59.2 Å². The third kappa shape index (κ3) is 3.96. The van der Waals surface area contributed by atoms with Crippen LogP contribution in [0.2, 0.25) is 0 Å². The number of hydrogen-bond donors (Lipinski definition) is 1. The molecule has 1 unspecified atom stereocenters. The molecule has 1 amide bonds. The summed E-state index contributed by atoms with van der Waals surface area (Å²) < 4.78 is 37.9. The van der Waals surface area contributed by atoms with Crippen molar-refractivity contribution >= 4 is 27.6 Å². The number of cyclic esters (lactones) is 1. The van der Waals surface area contributed by atoms with E-state index in [4.69, 9.17) is 9.47 Å². The second kappa shape index (κ2) is 8.17. The second-order valence-electron chi connectivity index (χ2n) is 7.24. The molecule has 30 heavy (non-hydrogen) atoms. The molecule has 4 rings (SSSR count). The number of nitrogens with zero attached hydrogens (tertiary/aromatic N) is 1. The predicted octanol–water partition coefficient (Wildman–Crippen LogP) is 1.74. The molecular formula is C21H22N2O6S. The first-order valence-electron chi connectivity index (χ1n) is 9.64. The van der Waals surface area contributed by atoms with E-state index in [0.717, 1.165) is 5.56 Å². The first kappa shape index (κ1) is 20.5. The van der Waals surface area contributed by atoms with Gasteiger partial charge in [0.05, 0.1) is 23.7 Å². The lowest BCUT2D eigenvalue weighted by Gasteiger charge is -2.27. The average molecular weight is 430 g/mol. The van der Waals surface area contributed by atoms with E-state index in [2.05, 4.69) is 5.32 Å². The van der Waals surface area contributed by atoms with Crippen LogP contribution < -0.4 is 5.32 Å². The number of sulfonamides is 1. The Labute approximate surface area is 174 Å². The molecule has 2 aliphatic rings. The van der Waals surface area contributed by atoms with Gasteiger partial charge in [-0.25, -0.2) is 13.2 Å². The second-order valence-corrected chi connectivity index (χ2v) is 9.15. The molecule has 2 aliphatic heterocycles. The average Bonchev–Trinajstić information content (AvgIpc) is 2.75. The number of esters is 1. The highest BCUT2D eigenvalue weighted by molar-refractivity contribution is 7.89. The smallest absolute Gasteiger partial charge is 0.339 e. The Morgan fingerprint density at radius 1 is 1.13 bits per heavy atom. The van der Waals surface area contributed by atoms with Gasteiger partial charge in [-0.2, -0.15) is 4.31 Å². The monoisotopic (exact) mass is 430 g/mol. The van der Waals surface area contributed by atoms with Crippen LogP contribution in [0.15, 0.2) is 47.4 Å². The van der Waals surface area contributed by atoms with E-state index in [-0.39, 0.29) is 24.4 Å². The Morgan fingerprint density at radius 3 is 2.63 bits per heavy atom. The van der Waals surface area contributed by atoms with E-state index in [1.165, 1.54) is 10.4 Å². The largest absolute Gasteiger partial charge is 0.448 e. The van der Waals surface area contributed by atoms with E-state index < -0.39 is 28.0 Å². The van der Waals surface area contributed by atoms with Gasteiger partial charge in [-0.3, -0.25) is 4.79 Å². The van der Waals surface area contributed by atoms with Crippen LogP contribution in [0.1, 0.15) is 21.5 Å². The zero-order valence-corrected chi connectivity index (χ0v) is 17.3. The lowest BCUT2D eigenvalue weighted by molar-refractivity contribution is -0.125. The first-order chi connectivity index (χ1) is 14.4. The molecular weight excluding hydrogens is 408 g/mol. The Hall–Kier alpha value is -2.75. The minimum absolute atomic E-state index is 0.133. The number of hydrogen-bond acceptors (Lipinski definition) is 6. The predicted molar refractivity (Wildman–Crippen MR) is 109 cm³/mol. The minimum Gasteiger partial charge on any atom is -0.448 e. The summed E-state index contributed by atoms with van der Waals surface area (Å²) in [5, 5.41) is 2.68. The van der Waals surface area contributed by atoms with Crippen molar-refractivity contribution in [3.8, 4) is 0 Å². The van der Waals surface area contributed by atoms with Crippen LogP contribution in [0, 0.1) is 6.92 Å². The number of rotatable bonds is 4. The molecule has 2 heterocycles. The van der Waals surface area contributed by atoms with E-state index in [1.54, 1.807) is 43.3 Å². The number of benzene rings is 2. The van der Waals surface area contributed by atoms with Crippen LogP contribution in [0.5, 0.6) is 0 Å². The normalized spacial score (nSPS) is 19.6. The van der Waals surface area contributed by atoms with Crippen molar-refractivity contribution in [2.24, 2.45) is 0 Å². The number of amides is 1. The Kier molecular flexibility index (Phi) is 5.59. The number of fused-ring (bicyclic) bond motifs is 1. The van der Waals surface area contributed by atoms with Gasteiger partial charge in [0, 0.05) is 25.2 Å². The van der Waals surface area contributed by atoms with Gasteiger partial charge in [-0.05, 0) is 36.2 Å². The van der Waals surface area contributed by atoms with Gasteiger partial charge in [-0.15, -0.1) is 0 Å². The maximum atomic E-state index is 13.0. The van der Waals surface area contributed by atoms with Gasteiger partial charge in [0.1, 0.15) is 0 Å². The molecule has 158 valence electrons. The van der Waals surface area contributed by atoms with Crippen LogP contribution in [0.25, 0.3) is 0 Å². The standard InChI is InChI=1S/C21H22N2O6S/c1-14-6-7-16(13-19(14)30(26,27)23-8-10-28-11-9-23)22-20(24)18-12-15-4-2-3-5-17(15)21(25)29-18/h2-7,13,18H,8-12H2,1H3,(H,22,24). The summed E-state index contributed by atoms with van der Waals surface area (Å²) in [6.45, 7) is 2.98. The maximum Gasteiger partial charge on any atom is 0.339 e. The molecule has 8 nitrogen and oxygen atoms in total. The fraction of sp³-hybridized carbons (Fsp3) is 0.333. The number of morpholine rings is 1. The summed E-state index contributed by atoms with van der Waals surface area (Å²) in [5.74, 6) is -1.05. The van der Waals surface area contributed by atoms with Crippen molar-refractivity contribution in [3.63, 3.8) is 0 Å². The zero-order chi connectivity index (χ0) is 21.3. The number of nitrogens with one attached hydrogen (secondary N) is 1. The summed E-state index contributed by atoms with van der Waals surface area (Å²) in [6, 6.07) is 11.7. The van der Waals surface area contributed by atoms with E-state index in [9.17, 15) is 18.0 Å². The SMILES string of the molecule is Cc1ccc(NC(=O)C2Cc3ccccc3C(=O)O2)cc1S(=O)(=O)N1CCOCC1. The van der Waals surface area contributed by atoms with Gasteiger partial charge >= 0.3 is 5.97 Å². The van der Waals surface area contributed by atoms with Crippen molar-refractivity contribution in [1.29, 1.82) is 0 Å². The minimum atomic E-state index is -3.71. The summed E-state index contributed by atoms with van der Waals surface area (Å²) in [7, 11) is -3.71. The summed E-state index contributed by atoms with van der Waals surface area (Å²) in [4.78, 5) is 25.0. The molecule has 0 radical (unpaired) electrons. The van der Waals surface area contributed by atoms with E-state index >= 15 is 0 Å². The Morgan fingerprint density at radius 2 is 1.87 bits per heavy atom. The van der Waals surface area contributed by atoms with Crippen molar-refractivity contribution in [2.75, 3.05) is 31.6 Å². The summed E-state index contributed by atoms with van der Waals surface area (Å²) in [6.07, 6.45) is -0.716. The number of carbonyl (C=O) groups excluding carboxylic acids is 2. The molecule has 9 heteroatoms. The van der Waals surface area contributed by atoms with E-state index in [0.29, 0.717) is 30.0 Å². The highest BCUT2D eigenvalue weighted by Crippen LogP contribution is 2.26. The first-order valence-corrected chi connectivity index (χ1v) is 11.1. The molecule has 1 fully saturated rings. The number of aryl methyl sites for hydroxylation is 1. The summed E-state index contributed by atoms with van der Waals surface area (Å²) >= 11 is 0. The van der Waals surface area contributed by atoms with Crippen LogP contribution >= 0.6 is 0 Å². The van der Waals surface area contributed by atoms with Crippen LogP contribution in [0.3, 0.4) is 0 Å². The number of ether oxygens (including phenoxy) is 2. The fourth-order valence-electron chi connectivity index (χ4n) is 3.58. The molecule has 0 aromatic heterocycles. The van der Waals surface area contributed by atoms with Crippen LogP contribution in [-0.2, 0) is 30.7 Å². The molecule has 2 aromatic carbocycles. The molecule has 2 aromatic rings. The molecule has 0 aliphatic carbocycles. The maximum absolute atomic E-state index is 13.0. The van der Waals surface area contributed by atoms with Gasteiger partial charge < -0.3 is 14.8 Å². The molecule has 1 N–H and O–H groups in total. The highest BCUT2D eigenvalue weighted by Gasteiger charge is 2.32. The van der Waals surface area contributed by atoms with Crippen LogP contribution in [0.4, 0.5) is 5.69 Å². The zero-order valence-electron chi connectivity index (χ0n) is 16.5. The van der Waals surface area contributed by atoms with E-state index in [1.807, 2.05) is 0 Å². The third-order valence-corrected chi connectivity index (χ3v) is 7.27. The molecule has 0 spiro atoms. The van der Waals surface area contributed by atoms with Crippen molar-refractivity contribution in [2.45, 2.75) is 24.3 Å². The third-order valence-electron chi connectivity index (χ3n) is 5.23. The lowest BCUT2D eigenvalue weighted by atomic mass is 9.98. The molecule has 0 bridgehead atoms. The molecule has 0 saturated carbocycles. The highest BCUT2D eigenvalue weighted by atomic mass is 32.2. The number of anilines is 1. The van der Waals surface area contributed by atoms with Gasteiger partial charge in [-0.1, -0.05) is 24.3 Å². The van der Waals surface area contributed by atoms with Gasteiger partial charge in [0.2, 0.25) is 10.0 Å². The number of carbonyl (C=O) groups is 2. The lowest BCUT2D eigenvalue weighted by Crippen LogP contribution is -2.41. The fourth-order valence-corrected chi connectivity index (χ4v) is 5.24. The van der Waals surface area contributed by atoms with Crippen LogP contribution in [-0.4, -0.2) is 57.0 Å². The topological polar surface area (TPSA) is 102 Å². The molecule has 1 saturated heterocycles. The van der Waals surface area contributed by atoms with Gasteiger partial charge in [0.25, 0.3) is 5.91 Å². The molecule has 1 atom stereocenters. The van der Waals surface area contributed by atoms with Gasteiger partial charge in [0.15, 0.2) is 6.10 Å². The van der Waals surface area contributed by atoms with Crippen molar-refractivity contribution < 1.29 is 27.5 Å². The Balaban J connectivity index is 1.54. The Bertz CT molecular complexity index is 1090. The summed E-state index contributed by atoms with van der Waals surface area (Å²) in [5.41, 5.74) is 2.11. The van der Waals surface area contributed by atoms with Crippen molar-refractivity contribution in [1.82, 2.24) is 4.31 Å². The quantitative estimate of drug-likeness (QED) is 0.742.